The van der Waals surface area contributed by atoms with Crippen molar-refractivity contribution in [1.29, 1.82) is 0 Å². The predicted octanol–water partition coefficient (Wildman–Crippen LogP) is 2.57. The van der Waals surface area contributed by atoms with E-state index in [1.807, 2.05) is 13.8 Å². The Hall–Kier alpha value is -0.800. The highest BCUT2D eigenvalue weighted by Gasteiger charge is 2.04. The summed E-state index contributed by atoms with van der Waals surface area (Å²) in [5, 5.41) is 3.91. The van der Waals surface area contributed by atoms with E-state index in [4.69, 9.17) is 16.3 Å². The van der Waals surface area contributed by atoms with Crippen LogP contribution in [-0.2, 0) is 4.74 Å². The maximum atomic E-state index is 5.96. The van der Waals surface area contributed by atoms with Crippen LogP contribution in [0.1, 0.15) is 13.8 Å². The van der Waals surface area contributed by atoms with Crippen LogP contribution >= 0.6 is 11.6 Å². The number of hydrogen-bond acceptors (Lipinski definition) is 3. The fraction of sp³-hybridized carbons (Fsp3) is 0.500. The summed E-state index contributed by atoms with van der Waals surface area (Å²) in [6, 6.07) is 1.99. The molecular weight excluding hydrogens is 200 g/mol. The lowest BCUT2D eigenvalue weighted by molar-refractivity contribution is 0.141. The van der Waals surface area contributed by atoms with Crippen molar-refractivity contribution in [3.63, 3.8) is 0 Å². The van der Waals surface area contributed by atoms with E-state index in [0.29, 0.717) is 11.6 Å². The molecule has 0 aliphatic carbocycles. The molecule has 0 bridgehead atoms. The van der Waals surface area contributed by atoms with Crippen molar-refractivity contribution >= 4 is 17.3 Å². The molecule has 0 saturated carbocycles. The van der Waals surface area contributed by atoms with E-state index in [1.165, 1.54) is 0 Å². The lowest BCUT2D eigenvalue weighted by atomic mass is 10.3. The predicted molar refractivity (Wildman–Crippen MR) is 58.8 cm³/mol. The lowest BCUT2D eigenvalue weighted by Crippen LogP contribution is -2.21. The number of nitrogens with one attached hydrogen (secondary N) is 1. The van der Waals surface area contributed by atoms with Crippen molar-refractivity contribution in [1.82, 2.24) is 4.98 Å². The highest BCUT2D eigenvalue weighted by atomic mass is 35.5. The third kappa shape index (κ3) is 3.52. The normalized spacial score (nSPS) is 12.5. The fourth-order valence-electron chi connectivity index (χ4n) is 1.09. The zero-order valence-electron chi connectivity index (χ0n) is 8.46. The Bertz CT molecular complexity index is 281. The molecule has 0 aliphatic heterocycles. The molecule has 3 nitrogen and oxygen atoms in total. The number of rotatable bonds is 5. The standard InChI is InChI=1S/C10H15ClN2O/c1-3-14-7-8(2)13-10-6-12-5-4-9(10)11/h4-6,8,13H,3,7H2,1-2H3. The zero-order chi connectivity index (χ0) is 10.4. The number of hydrogen-bond donors (Lipinski definition) is 1. The average molecular weight is 215 g/mol. The maximum Gasteiger partial charge on any atom is 0.0718 e. The average Bonchev–Trinajstić information content (AvgIpc) is 2.18. The van der Waals surface area contributed by atoms with Crippen LogP contribution in [0.15, 0.2) is 18.5 Å². The molecule has 0 saturated heterocycles. The topological polar surface area (TPSA) is 34.1 Å². The van der Waals surface area contributed by atoms with Gasteiger partial charge in [0.2, 0.25) is 0 Å². The molecule has 0 spiro atoms. The van der Waals surface area contributed by atoms with Gasteiger partial charge in [-0.1, -0.05) is 11.6 Å². The Balaban J connectivity index is 2.47. The van der Waals surface area contributed by atoms with Crippen LogP contribution in [0.3, 0.4) is 0 Å². The molecule has 0 radical (unpaired) electrons. The van der Waals surface area contributed by atoms with Crippen LogP contribution in [0.25, 0.3) is 0 Å². The van der Waals surface area contributed by atoms with Crippen molar-refractivity contribution in [3.8, 4) is 0 Å². The Labute approximate surface area is 89.4 Å². The molecule has 0 aromatic carbocycles. The van der Waals surface area contributed by atoms with Gasteiger partial charge >= 0.3 is 0 Å². The molecule has 0 aliphatic rings. The van der Waals surface area contributed by atoms with E-state index in [-0.39, 0.29) is 6.04 Å². The minimum Gasteiger partial charge on any atom is -0.380 e. The van der Waals surface area contributed by atoms with E-state index in [0.717, 1.165) is 12.3 Å². The van der Waals surface area contributed by atoms with E-state index in [9.17, 15) is 0 Å². The summed E-state index contributed by atoms with van der Waals surface area (Å²) in [5.41, 5.74) is 0.848. The van der Waals surface area contributed by atoms with Gasteiger partial charge < -0.3 is 10.1 Å². The summed E-state index contributed by atoms with van der Waals surface area (Å²) < 4.78 is 5.28. The molecule has 4 heteroatoms. The number of pyridine rings is 1. The number of aromatic nitrogens is 1. The lowest BCUT2D eigenvalue weighted by Gasteiger charge is -2.15. The Kier molecular flexibility index (Phi) is 4.70. The molecule has 1 aromatic rings. The summed E-state index contributed by atoms with van der Waals surface area (Å²) in [7, 11) is 0. The van der Waals surface area contributed by atoms with Gasteiger partial charge in [0.25, 0.3) is 0 Å². The molecule has 1 heterocycles. The van der Waals surface area contributed by atoms with Gasteiger partial charge in [-0.2, -0.15) is 0 Å². The quantitative estimate of drug-likeness (QED) is 0.818. The van der Waals surface area contributed by atoms with Gasteiger partial charge in [-0.25, -0.2) is 0 Å². The summed E-state index contributed by atoms with van der Waals surface area (Å²) in [4.78, 5) is 3.99. The van der Waals surface area contributed by atoms with Crippen molar-refractivity contribution in [2.75, 3.05) is 18.5 Å². The Morgan fingerprint density at radius 1 is 1.64 bits per heavy atom. The van der Waals surface area contributed by atoms with Crippen LogP contribution in [0.4, 0.5) is 5.69 Å². The van der Waals surface area contributed by atoms with Crippen LogP contribution in [-0.4, -0.2) is 24.2 Å². The second kappa shape index (κ2) is 5.83. The summed E-state index contributed by atoms with van der Waals surface area (Å²) in [5.74, 6) is 0. The number of nitrogens with zero attached hydrogens (tertiary/aromatic N) is 1. The Morgan fingerprint density at radius 2 is 2.43 bits per heavy atom. The van der Waals surface area contributed by atoms with E-state index < -0.39 is 0 Å². The summed E-state index contributed by atoms with van der Waals surface area (Å²) >= 11 is 5.96. The molecule has 0 fully saturated rings. The fourth-order valence-corrected chi connectivity index (χ4v) is 1.25. The third-order valence-corrected chi connectivity index (χ3v) is 2.07. The molecular formula is C10H15ClN2O. The largest absolute Gasteiger partial charge is 0.380 e. The third-order valence-electron chi connectivity index (χ3n) is 1.74. The smallest absolute Gasteiger partial charge is 0.0718 e. The molecule has 1 N–H and O–H groups in total. The van der Waals surface area contributed by atoms with Gasteiger partial charge in [0, 0.05) is 18.8 Å². The van der Waals surface area contributed by atoms with Crippen LogP contribution in [0.5, 0.6) is 0 Å². The first-order valence-corrected chi connectivity index (χ1v) is 5.05. The highest BCUT2D eigenvalue weighted by Crippen LogP contribution is 2.19. The Morgan fingerprint density at radius 3 is 3.07 bits per heavy atom. The second-order valence-electron chi connectivity index (χ2n) is 3.06. The van der Waals surface area contributed by atoms with Crippen LogP contribution < -0.4 is 5.32 Å². The monoisotopic (exact) mass is 214 g/mol. The minimum absolute atomic E-state index is 0.233. The van der Waals surface area contributed by atoms with Crippen LogP contribution in [0.2, 0.25) is 5.02 Å². The maximum absolute atomic E-state index is 5.96. The van der Waals surface area contributed by atoms with Crippen molar-refractivity contribution < 1.29 is 4.74 Å². The zero-order valence-corrected chi connectivity index (χ0v) is 9.21. The van der Waals surface area contributed by atoms with Crippen molar-refractivity contribution in [3.05, 3.63) is 23.5 Å². The molecule has 1 rings (SSSR count). The van der Waals surface area contributed by atoms with Gasteiger partial charge in [-0.3, -0.25) is 4.98 Å². The first-order chi connectivity index (χ1) is 6.74. The number of halogens is 1. The molecule has 1 atom stereocenters. The van der Waals surface area contributed by atoms with E-state index in [1.54, 1.807) is 18.5 Å². The summed E-state index contributed by atoms with van der Waals surface area (Å²) in [6.45, 7) is 5.41. The van der Waals surface area contributed by atoms with Gasteiger partial charge in [-0.05, 0) is 19.9 Å². The summed E-state index contributed by atoms with van der Waals surface area (Å²) in [6.07, 6.45) is 3.38. The van der Waals surface area contributed by atoms with E-state index >= 15 is 0 Å². The van der Waals surface area contributed by atoms with E-state index in [2.05, 4.69) is 10.3 Å². The van der Waals surface area contributed by atoms with Crippen molar-refractivity contribution in [2.24, 2.45) is 0 Å². The molecule has 14 heavy (non-hydrogen) atoms. The van der Waals surface area contributed by atoms with Gasteiger partial charge in [0.1, 0.15) is 0 Å². The first kappa shape index (κ1) is 11.3. The number of anilines is 1. The van der Waals surface area contributed by atoms with Gasteiger partial charge in [-0.15, -0.1) is 0 Å². The highest BCUT2D eigenvalue weighted by molar-refractivity contribution is 6.33. The SMILES string of the molecule is CCOCC(C)Nc1cnccc1Cl. The first-order valence-electron chi connectivity index (χ1n) is 4.67. The second-order valence-corrected chi connectivity index (χ2v) is 3.47. The molecule has 1 aromatic heterocycles. The molecule has 0 amide bonds. The molecule has 78 valence electrons. The van der Waals surface area contributed by atoms with Crippen molar-refractivity contribution in [2.45, 2.75) is 19.9 Å². The van der Waals surface area contributed by atoms with Crippen LogP contribution in [0, 0.1) is 0 Å². The van der Waals surface area contributed by atoms with Gasteiger partial charge in [0.05, 0.1) is 23.5 Å². The minimum atomic E-state index is 0.233. The van der Waals surface area contributed by atoms with Gasteiger partial charge in [0.15, 0.2) is 0 Å². The number of ether oxygens (including phenoxy) is 1. The molecule has 1 unspecified atom stereocenters.